The number of alkyl halides is 2. The molecule has 84 valence electrons. The third kappa shape index (κ3) is 2.10. The summed E-state index contributed by atoms with van der Waals surface area (Å²) in [5.41, 5.74) is -0.827. The summed E-state index contributed by atoms with van der Waals surface area (Å²) in [6.45, 7) is -0.756. The van der Waals surface area contributed by atoms with Crippen LogP contribution in [0.25, 0.3) is 0 Å². The molecule has 0 spiro atoms. The molecule has 0 fully saturated rings. The Hall–Kier alpha value is -1.56. The molecule has 0 saturated heterocycles. The first-order valence-corrected chi connectivity index (χ1v) is 4.13. The molecule has 0 aliphatic rings. The molecule has 0 radical (unpaired) electrons. The molecule has 4 nitrogen and oxygen atoms in total. The summed E-state index contributed by atoms with van der Waals surface area (Å²) >= 11 is 0. The minimum absolute atomic E-state index is 0.684. The standard InChI is InChI=1S/C9H10F2O4/c10-9(11,3-4-12)5-1-2-6(13)8(15)7(5)14/h1-2,12-15H,3-4H2. The molecule has 0 heterocycles. The van der Waals surface area contributed by atoms with Crippen molar-refractivity contribution in [1.82, 2.24) is 0 Å². The monoisotopic (exact) mass is 220 g/mol. The lowest BCUT2D eigenvalue weighted by atomic mass is 10.0. The Kier molecular flexibility index (Phi) is 2.99. The minimum atomic E-state index is -3.45. The summed E-state index contributed by atoms with van der Waals surface area (Å²) in [5, 5.41) is 35.5. The molecule has 0 saturated carbocycles. The number of phenols is 3. The lowest BCUT2D eigenvalue weighted by Crippen LogP contribution is -2.15. The highest BCUT2D eigenvalue weighted by molar-refractivity contribution is 5.54. The van der Waals surface area contributed by atoms with Crippen LogP contribution in [0.1, 0.15) is 12.0 Å². The van der Waals surface area contributed by atoms with Gasteiger partial charge in [-0.2, -0.15) is 0 Å². The predicted octanol–water partition coefficient (Wildman–Crippen LogP) is 1.28. The smallest absolute Gasteiger partial charge is 0.279 e. The zero-order valence-corrected chi connectivity index (χ0v) is 7.61. The van der Waals surface area contributed by atoms with Crippen LogP contribution in [0.3, 0.4) is 0 Å². The third-order valence-corrected chi connectivity index (χ3v) is 1.95. The van der Waals surface area contributed by atoms with Crippen LogP contribution in [0.4, 0.5) is 8.78 Å². The topological polar surface area (TPSA) is 80.9 Å². The molecule has 0 atom stereocenters. The Labute approximate surface area is 84.0 Å². The number of aliphatic hydroxyl groups is 1. The number of rotatable bonds is 3. The van der Waals surface area contributed by atoms with Gasteiger partial charge in [0.1, 0.15) is 0 Å². The molecular weight excluding hydrogens is 210 g/mol. The van der Waals surface area contributed by atoms with Gasteiger partial charge < -0.3 is 20.4 Å². The van der Waals surface area contributed by atoms with Gasteiger partial charge in [-0.25, -0.2) is 8.78 Å². The maximum absolute atomic E-state index is 13.2. The number of hydrogen-bond donors (Lipinski definition) is 4. The molecule has 0 aromatic heterocycles. The van der Waals surface area contributed by atoms with Crippen molar-refractivity contribution in [1.29, 1.82) is 0 Å². The maximum atomic E-state index is 13.2. The number of hydrogen-bond acceptors (Lipinski definition) is 4. The number of aromatic hydroxyl groups is 3. The van der Waals surface area contributed by atoms with E-state index in [4.69, 9.17) is 20.4 Å². The fourth-order valence-corrected chi connectivity index (χ4v) is 1.14. The quantitative estimate of drug-likeness (QED) is 0.578. The van der Waals surface area contributed by atoms with Crippen LogP contribution in [0.5, 0.6) is 17.2 Å². The Morgan fingerprint density at radius 1 is 1.07 bits per heavy atom. The fraction of sp³-hybridized carbons (Fsp3) is 0.333. The molecular formula is C9H10F2O4. The van der Waals surface area contributed by atoms with Crippen LogP contribution in [0.15, 0.2) is 12.1 Å². The first-order chi connectivity index (χ1) is 6.90. The Balaban J connectivity index is 3.21. The second kappa shape index (κ2) is 3.90. The predicted molar refractivity (Wildman–Crippen MR) is 47.0 cm³/mol. The first-order valence-electron chi connectivity index (χ1n) is 4.13. The minimum Gasteiger partial charge on any atom is -0.504 e. The van der Waals surface area contributed by atoms with Crippen molar-refractivity contribution in [3.8, 4) is 17.2 Å². The fourth-order valence-electron chi connectivity index (χ4n) is 1.14. The van der Waals surface area contributed by atoms with E-state index in [9.17, 15) is 8.78 Å². The average Bonchev–Trinajstić information content (AvgIpc) is 2.13. The normalized spacial score (nSPS) is 11.7. The highest BCUT2D eigenvalue weighted by Gasteiger charge is 2.35. The molecule has 0 bridgehead atoms. The van der Waals surface area contributed by atoms with Gasteiger partial charge in [0.2, 0.25) is 5.75 Å². The van der Waals surface area contributed by atoms with Gasteiger partial charge in [-0.1, -0.05) is 0 Å². The Bertz CT molecular complexity index is 365. The third-order valence-electron chi connectivity index (χ3n) is 1.95. The summed E-state index contributed by atoms with van der Waals surface area (Å²) < 4.78 is 26.4. The van der Waals surface area contributed by atoms with Gasteiger partial charge in [0.25, 0.3) is 5.92 Å². The molecule has 4 N–H and O–H groups in total. The van der Waals surface area contributed by atoms with E-state index in [0.717, 1.165) is 12.1 Å². The van der Waals surface area contributed by atoms with E-state index < -0.39 is 41.8 Å². The van der Waals surface area contributed by atoms with E-state index in [1.54, 1.807) is 0 Å². The molecule has 0 aliphatic heterocycles. The van der Waals surface area contributed by atoms with E-state index in [1.807, 2.05) is 0 Å². The summed E-state index contributed by atoms with van der Waals surface area (Å²) in [4.78, 5) is 0. The average molecular weight is 220 g/mol. The first kappa shape index (κ1) is 11.5. The van der Waals surface area contributed by atoms with Gasteiger partial charge in [0, 0.05) is 13.0 Å². The number of aliphatic hydroxyl groups excluding tert-OH is 1. The van der Waals surface area contributed by atoms with Crippen LogP contribution >= 0.6 is 0 Å². The van der Waals surface area contributed by atoms with Crippen LogP contribution in [-0.2, 0) is 5.92 Å². The molecule has 0 amide bonds. The van der Waals surface area contributed by atoms with Gasteiger partial charge >= 0.3 is 0 Å². The SMILES string of the molecule is OCCC(F)(F)c1ccc(O)c(O)c1O. The molecule has 0 aliphatic carbocycles. The van der Waals surface area contributed by atoms with Gasteiger partial charge in [0.15, 0.2) is 11.5 Å². The van der Waals surface area contributed by atoms with Crippen LogP contribution in [0, 0.1) is 0 Å². The van der Waals surface area contributed by atoms with Crippen molar-refractivity contribution >= 4 is 0 Å². The molecule has 6 heteroatoms. The van der Waals surface area contributed by atoms with E-state index in [-0.39, 0.29) is 0 Å². The zero-order chi connectivity index (χ0) is 11.6. The highest BCUT2D eigenvalue weighted by Crippen LogP contribution is 2.44. The molecule has 0 unspecified atom stereocenters. The highest BCUT2D eigenvalue weighted by atomic mass is 19.3. The van der Waals surface area contributed by atoms with Crippen LogP contribution < -0.4 is 0 Å². The van der Waals surface area contributed by atoms with Crippen molar-refractivity contribution in [2.24, 2.45) is 0 Å². The van der Waals surface area contributed by atoms with E-state index in [0.29, 0.717) is 0 Å². The van der Waals surface area contributed by atoms with Gasteiger partial charge in [-0.05, 0) is 12.1 Å². The lowest BCUT2D eigenvalue weighted by Gasteiger charge is -2.17. The molecule has 1 rings (SSSR count). The number of phenolic OH excluding ortho intramolecular Hbond substituents is 3. The largest absolute Gasteiger partial charge is 0.504 e. The van der Waals surface area contributed by atoms with Crippen molar-refractivity contribution in [2.75, 3.05) is 6.61 Å². The molecule has 1 aromatic carbocycles. The van der Waals surface area contributed by atoms with Crippen LogP contribution in [0.2, 0.25) is 0 Å². The number of halogens is 2. The second-order valence-electron chi connectivity index (χ2n) is 3.01. The molecule has 15 heavy (non-hydrogen) atoms. The van der Waals surface area contributed by atoms with Crippen LogP contribution in [-0.4, -0.2) is 27.0 Å². The molecule has 1 aromatic rings. The Morgan fingerprint density at radius 2 is 1.67 bits per heavy atom. The zero-order valence-electron chi connectivity index (χ0n) is 7.61. The van der Waals surface area contributed by atoms with E-state index in [2.05, 4.69) is 0 Å². The maximum Gasteiger partial charge on any atom is 0.279 e. The van der Waals surface area contributed by atoms with Crippen molar-refractivity contribution < 1.29 is 29.2 Å². The van der Waals surface area contributed by atoms with Crippen molar-refractivity contribution in [3.05, 3.63) is 17.7 Å². The summed E-state index contributed by atoms with van der Waals surface area (Å²) in [6.07, 6.45) is -0.870. The van der Waals surface area contributed by atoms with Gasteiger partial charge in [-0.15, -0.1) is 0 Å². The van der Waals surface area contributed by atoms with Crippen molar-refractivity contribution in [2.45, 2.75) is 12.3 Å². The van der Waals surface area contributed by atoms with Crippen molar-refractivity contribution in [3.63, 3.8) is 0 Å². The summed E-state index contributed by atoms with van der Waals surface area (Å²) in [6, 6.07) is 1.63. The second-order valence-corrected chi connectivity index (χ2v) is 3.01. The summed E-state index contributed by atoms with van der Waals surface area (Å²) in [5.74, 6) is -6.21. The van der Waals surface area contributed by atoms with Gasteiger partial charge in [0.05, 0.1) is 5.56 Å². The van der Waals surface area contributed by atoms with E-state index >= 15 is 0 Å². The Morgan fingerprint density at radius 3 is 2.20 bits per heavy atom. The number of benzene rings is 1. The van der Waals surface area contributed by atoms with E-state index in [1.165, 1.54) is 0 Å². The lowest BCUT2D eigenvalue weighted by molar-refractivity contribution is -0.0290. The summed E-state index contributed by atoms with van der Waals surface area (Å²) in [7, 11) is 0. The van der Waals surface area contributed by atoms with Gasteiger partial charge in [-0.3, -0.25) is 0 Å².